The van der Waals surface area contributed by atoms with Crippen LogP contribution in [-0.2, 0) is 4.79 Å². The van der Waals surface area contributed by atoms with Crippen molar-refractivity contribution >= 4 is 5.91 Å². The minimum Gasteiger partial charge on any atom is -0.368 e. The van der Waals surface area contributed by atoms with E-state index in [0.717, 1.165) is 0 Å². The van der Waals surface area contributed by atoms with Gasteiger partial charge in [-0.3, -0.25) is 9.69 Å². The first-order valence-electron chi connectivity index (χ1n) is 3.78. The summed E-state index contributed by atoms with van der Waals surface area (Å²) in [5, 5.41) is 0. The van der Waals surface area contributed by atoms with Gasteiger partial charge in [0.1, 0.15) is 6.17 Å². The lowest BCUT2D eigenvalue weighted by molar-refractivity contribution is -0.122. The van der Waals surface area contributed by atoms with E-state index in [2.05, 4.69) is 0 Å². The Bertz CT molecular complexity index is 163. The molecule has 1 heterocycles. The number of nitrogens with zero attached hydrogens (tertiary/aromatic N) is 1. The first-order valence-corrected chi connectivity index (χ1v) is 3.78. The molecule has 1 fully saturated rings. The lowest BCUT2D eigenvalue weighted by Gasteiger charge is -2.19. The second-order valence-electron chi connectivity index (χ2n) is 2.96. The quantitative estimate of drug-likeness (QED) is 0.613. The maximum Gasteiger partial charge on any atom is 0.234 e. The smallest absolute Gasteiger partial charge is 0.234 e. The number of carbonyl (C=O) groups excluding carboxylic acids is 1. The number of amides is 1. The first-order chi connectivity index (χ1) is 5.11. The van der Waals surface area contributed by atoms with E-state index in [1.54, 1.807) is 11.8 Å². The van der Waals surface area contributed by atoms with Crippen LogP contribution in [0.2, 0.25) is 0 Å². The summed E-state index contributed by atoms with van der Waals surface area (Å²) in [6.07, 6.45) is -0.255. The number of alkyl halides is 1. The lowest BCUT2D eigenvalue weighted by Crippen LogP contribution is -2.41. The Labute approximate surface area is 65.3 Å². The van der Waals surface area contributed by atoms with Gasteiger partial charge in [-0.05, 0) is 13.3 Å². The summed E-state index contributed by atoms with van der Waals surface area (Å²) >= 11 is 0. The monoisotopic (exact) mass is 160 g/mol. The molecule has 2 N–H and O–H groups in total. The van der Waals surface area contributed by atoms with Crippen molar-refractivity contribution in [2.45, 2.75) is 25.6 Å². The summed E-state index contributed by atoms with van der Waals surface area (Å²) in [6, 6.07) is -0.323. The molecule has 0 bridgehead atoms. The third kappa shape index (κ3) is 1.89. The number of halogens is 1. The van der Waals surface area contributed by atoms with E-state index < -0.39 is 6.17 Å². The SMILES string of the molecule is C[C@H](C(N)=O)N1CC[C@H](F)C1. The predicted octanol–water partition coefficient (Wildman–Crippen LogP) is -0.0960. The zero-order valence-corrected chi connectivity index (χ0v) is 6.59. The fraction of sp³-hybridized carbons (Fsp3) is 0.857. The molecule has 64 valence electrons. The standard InChI is InChI=1S/C7H13FN2O/c1-5(7(9)11)10-3-2-6(8)4-10/h5-6H,2-4H2,1H3,(H2,9,11)/t5-,6+/m1/s1. The normalized spacial score (nSPS) is 28.7. The molecule has 0 aromatic rings. The van der Waals surface area contributed by atoms with Crippen molar-refractivity contribution < 1.29 is 9.18 Å². The van der Waals surface area contributed by atoms with Crippen LogP contribution >= 0.6 is 0 Å². The minimum absolute atomic E-state index is 0.323. The van der Waals surface area contributed by atoms with Crippen LogP contribution in [0.25, 0.3) is 0 Å². The van der Waals surface area contributed by atoms with Crippen molar-refractivity contribution in [2.24, 2.45) is 5.73 Å². The van der Waals surface area contributed by atoms with Crippen molar-refractivity contribution in [2.75, 3.05) is 13.1 Å². The molecule has 0 aromatic carbocycles. The average Bonchev–Trinajstić information content (AvgIpc) is 2.34. The number of hydrogen-bond acceptors (Lipinski definition) is 2. The zero-order valence-electron chi connectivity index (χ0n) is 6.59. The number of primary amides is 1. The molecule has 0 spiro atoms. The summed E-state index contributed by atoms with van der Waals surface area (Å²) in [6.45, 7) is 2.70. The summed E-state index contributed by atoms with van der Waals surface area (Å²) in [4.78, 5) is 12.4. The Morgan fingerprint density at radius 2 is 2.45 bits per heavy atom. The summed E-state index contributed by atoms with van der Waals surface area (Å²) in [7, 11) is 0. The van der Waals surface area contributed by atoms with Crippen LogP contribution in [0.4, 0.5) is 4.39 Å². The van der Waals surface area contributed by atoms with E-state index in [0.29, 0.717) is 19.5 Å². The van der Waals surface area contributed by atoms with Gasteiger partial charge in [0, 0.05) is 13.1 Å². The molecule has 0 saturated carbocycles. The van der Waals surface area contributed by atoms with Crippen LogP contribution in [0, 0.1) is 0 Å². The molecule has 1 amide bonds. The van der Waals surface area contributed by atoms with E-state index in [1.165, 1.54) is 0 Å². The highest BCUT2D eigenvalue weighted by atomic mass is 19.1. The Balaban J connectivity index is 2.43. The van der Waals surface area contributed by atoms with Gasteiger partial charge in [0.2, 0.25) is 5.91 Å². The van der Waals surface area contributed by atoms with E-state index in [-0.39, 0.29) is 11.9 Å². The highest BCUT2D eigenvalue weighted by molar-refractivity contribution is 5.79. The predicted molar refractivity (Wildman–Crippen MR) is 39.7 cm³/mol. The maximum atomic E-state index is 12.6. The third-order valence-electron chi connectivity index (χ3n) is 2.12. The average molecular weight is 160 g/mol. The van der Waals surface area contributed by atoms with E-state index in [9.17, 15) is 9.18 Å². The molecule has 1 aliphatic rings. The van der Waals surface area contributed by atoms with Crippen molar-refractivity contribution in [3.05, 3.63) is 0 Å². The van der Waals surface area contributed by atoms with Gasteiger partial charge in [0.05, 0.1) is 6.04 Å². The highest BCUT2D eigenvalue weighted by Crippen LogP contribution is 2.14. The van der Waals surface area contributed by atoms with Gasteiger partial charge in [-0.25, -0.2) is 4.39 Å². The van der Waals surface area contributed by atoms with Crippen LogP contribution in [0.5, 0.6) is 0 Å². The van der Waals surface area contributed by atoms with Gasteiger partial charge in [-0.1, -0.05) is 0 Å². The summed E-state index contributed by atoms with van der Waals surface area (Å²) in [5.41, 5.74) is 5.06. The maximum absolute atomic E-state index is 12.6. The van der Waals surface area contributed by atoms with Gasteiger partial charge in [0.15, 0.2) is 0 Å². The number of hydrogen-bond donors (Lipinski definition) is 1. The zero-order chi connectivity index (χ0) is 8.43. The number of rotatable bonds is 2. The molecule has 11 heavy (non-hydrogen) atoms. The third-order valence-corrected chi connectivity index (χ3v) is 2.12. The Morgan fingerprint density at radius 1 is 1.82 bits per heavy atom. The highest BCUT2D eigenvalue weighted by Gasteiger charge is 2.27. The second kappa shape index (κ2) is 3.17. The van der Waals surface area contributed by atoms with Crippen LogP contribution in [0.3, 0.4) is 0 Å². The molecular formula is C7H13FN2O. The Morgan fingerprint density at radius 3 is 2.82 bits per heavy atom. The van der Waals surface area contributed by atoms with Gasteiger partial charge >= 0.3 is 0 Å². The Hall–Kier alpha value is -0.640. The fourth-order valence-corrected chi connectivity index (χ4v) is 1.27. The van der Waals surface area contributed by atoms with Gasteiger partial charge in [-0.15, -0.1) is 0 Å². The molecule has 4 heteroatoms. The molecule has 3 nitrogen and oxygen atoms in total. The summed E-state index contributed by atoms with van der Waals surface area (Å²) in [5.74, 6) is -0.376. The largest absolute Gasteiger partial charge is 0.368 e. The topological polar surface area (TPSA) is 46.3 Å². The Kier molecular flexibility index (Phi) is 2.44. The summed E-state index contributed by atoms with van der Waals surface area (Å²) < 4.78 is 12.6. The van der Waals surface area contributed by atoms with Gasteiger partial charge in [0.25, 0.3) is 0 Å². The fourth-order valence-electron chi connectivity index (χ4n) is 1.27. The molecule has 0 radical (unpaired) electrons. The molecule has 0 unspecified atom stereocenters. The van der Waals surface area contributed by atoms with E-state index in [4.69, 9.17) is 5.73 Å². The molecule has 2 atom stereocenters. The number of likely N-dealkylation sites (tertiary alicyclic amines) is 1. The molecule has 1 saturated heterocycles. The van der Waals surface area contributed by atoms with Gasteiger partial charge < -0.3 is 5.73 Å². The molecule has 0 aliphatic carbocycles. The molecule has 1 aliphatic heterocycles. The van der Waals surface area contributed by atoms with Gasteiger partial charge in [-0.2, -0.15) is 0 Å². The van der Waals surface area contributed by atoms with Crippen molar-refractivity contribution in [1.29, 1.82) is 0 Å². The first kappa shape index (κ1) is 8.46. The lowest BCUT2D eigenvalue weighted by atomic mass is 10.3. The van der Waals surface area contributed by atoms with Crippen LogP contribution in [0.1, 0.15) is 13.3 Å². The minimum atomic E-state index is -0.781. The van der Waals surface area contributed by atoms with Crippen molar-refractivity contribution in [3.63, 3.8) is 0 Å². The molecular weight excluding hydrogens is 147 g/mol. The van der Waals surface area contributed by atoms with Crippen molar-refractivity contribution in [3.8, 4) is 0 Å². The van der Waals surface area contributed by atoms with E-state index in [1.807, 2.05) is 0 Å². The molecule has 0 aromatic heterocycles. The number of nitrogens with two attached hydrogens (primary N) is 1. The van der Waals surface area contributed by atoms with Crippen LogP contribution < -0.4 is 5.73 Å². The van der Waals surface area contributed by atoms with Crippen molar-refractivity contribution in [1.82, 2.24) is 4.90 Å². The van der Waals surface area contributed by atoms with E-state index >= 15 is 0 Å². The second-order valence-corrected chi connectivity index (χ2v) is 2.96. The van der Waals surface area contributed by atoms with Crippen LogP contribution in [-0.4, -0.2) is 36.1 Å². The van der Waals surface area contributed by atoms with Crippen LogP contribution in [0.15, 0.2) is 0 Å². The number of carbonyl (C=O) groups is 1. The molecule has 1 rings (SSSR count).